The van der Waals surface area contributed by atoms with Crippen molar-refractivity contribution in [3.63, 3.8) is 0 Å². The summed E-state index contributed by atoms with van der Waals surface area (Å²) in [5.74, 6) is -1.24. The van der Waals surface area contributed by atoms with E-state index < -0.39 is 23.6 Å². The number of carboxylic acids is 1. The second-order valence-corrected chi connectivity index (χ2v) is 7.71. The van der Waals surface area contributed by atoms with Crippen molar-refractivity contribution in [3.8, 4) is 11.8 Å². The maximum absolute atomic E-state index is 12.5. The van der Waals surface area contributed by atoms with Crippen LogP contribution in [0.2, 0.25) is 0 Å². The fourth-order valence-corrected chi connectivity index (χ4v) is 2.99. The van der Waals surface area contributed by atoms with Crippen LogP contribution in [0.5, 0.6) is 5.75 Å². The number of carboxylic acid groups (broad SMARTS) is 1. The van der Waals surface area contributed by atoms with Gasteiger partial charge in [-0.1, -0.05) is 35.9 Å². The zero-order valence-corrected chi connectivity index (χ0v) is 17.3. The zero-order valence-electron chi connectivity index (χ0n) is 15.7. The number of phenols is 1. The van der Waals surface area contributed by atoms with Gasteiger partial charge in [-0.05, 0) is 42.5 Å². The lowest BCUT2D eigenvalue weighted by Gasteiger charge is -2.32. The van der Waals surface area contributed by atoms with Crippen LogP contribution in [-0.2, 0) is 9.53 Å². The molecule has 0 heterocycles. The highest BCUT2D eigenvalue weighted by molar-refractivity contribution is 9.10. The third-order valence-corrected chi connectivity index (χ3v) is 4.58. The molecule has 0 fully saturated rings. The Morgan fingerprint density at radius 3 is 2.48 bits per heavy atom. The topological polar surface area (TPSA) is 120 Å². The van der Waals surface area contributed by atoms with E-state index >= 15 is 0 Å². The number of nitriles is 1. The summed E-state index contributed by atoms with van der Waals surface area (Å²) in [7, 11) is 0. The Morgan fingerprint density at radius 2 is 1.90 bits per heavy atom. The van der Waals surface area contributed by atoms with E-state index in [1.165, 1.54) is 12.1 Å². The van der Waals surface area contributed by atoms with Crippen LogP contribution in [0.15, 0.2) is 59.1 Å². The molecule has 0 bridgehead atoms. The fraction of sp³-hybridized carbons (Fsp3) is 0.190. The first-order valence-corrected chi connectivity index (χ1v) is 9.30. The van der Waals surface area contributed by atoms with Crippen molar-refractivity contribution in [3.05, 3.63) is 70.2 Å². The second-order valence-electron chi connectivity index (χ2n) is 6.80. The van der Waals surface area contributed by atoms with Gasteiger partial charge in [0, 0.05) is 27.2 Å². The molecule has 150 valence electrons. The molecule has 3 N–H and O–H groups in total. The molecule has 0 unspecified atom stereocenters. The number of benzene rings is 2. The van der Waals surface area contributed by atoms with Crippen LogP contribution in [0.3, 0.4) is 0 Å². The number of nitrogens with zero attached hydrogens (tertiary/aromatic N) is 1. The molecular formula is C21H19BrN2O5. The Labute approximate surface area is 176 Å². The van der Waals surface area contributed by atoms with Crippen molar-refractivity contribution in [1.29, 1.82) is 5.26 Å². The van der Waals surface area contributed by atoms with Crippen molar-refractivity contribution in [1.82, 2.24) is 0 Å². The molecule has 0 aliphatic rings. The highest BCUT2D eigenvalue weighted by Gasteiger charge is 2.34. The monoisotopic (exact) mass is 458 g/mol. The van der Waals surface area contributed by atoms with E-state index in [0.717, 1.165) is 6.08 Å². The third kappa shape index (κ3) is 6.09. The fourth-order valence-electron chi connectivity index (χ4n) is 2.61. The van der Waals surface area contributed by atoms with Gasteiger partial charge in [0.2, 0.25) is 0 Å². The number of hydrogen-bond donors (Lipinski definition) is 3. The minimum absolute atomic E-state index is 0.0961. The van der Waals surface area contributed by atoms with Crippen LogP contribution in [0.4, 0.5) is 10.5 Å². The van der Waals surface area contributed by atoms with Gasteiger partial charge in [0.1, 0.15) is 11.9 Å². The van der Waals surface area contributed by atoms with E-state index in [0.29, 0.717) is 21.3 Å². The average molecular weight is 459 g/mol. The van der Waals surface area contributed by atoms with Crippen molar-refractivity contribution in [2.45, 2.75) is 20.0 Å². The van der Waals surface area contributed by atoms with Crippen molar-refractivity contribution in [2.75, 3.05) is 5.32 Å². The van der Waals surface area contributed by atoms with Gasteiger partial charge in [-0.3, -0.25) is 5.32 Å². The SMILES string of the molecule is CC(C)(/C=C/C(=O)O)[C@@H](OC(=O)Nc1ccc(C#N)cc1)c1cc(Br)ccc1O. The number of ether oxygens (including phenoxy) is 1. The number of aromatic hydroxyl groups is 1. The molecule has 0 radical (unpaired) electrons. The summed E-state index contributed by atoms with van der Waals surface area (Å²) >= 11 is 3.32. The van der Waals surface area contributed by atoms with Gasteiger partial charge in [-0.25, -0.2) is 9.59 Å². The molecule has 7 nitrogen and oxygen atoms in total. The van der Waals surface area contributed by atoms with Gasteiger partial charge in [0.25, 0.3) is 0 Å². The van der Waals surface area contributed by atoms with E-state index in [1.807, 2.05) is 6.07 Å². The Hall–Kier alpha value is -3.31. The average Bonchev–Trinajstić information content (AvgIpc) is 2.67. The van der Waals surface area contributed by atoms with Crippen LogP contribution in [-0.4, -0.2) is 22.3 Å². The largest absolute Gasteiger partial charge is 0.508 e. The van der Waals surface area contributed by atoms with Crippen LogP contribution in [0.1, 0.15) is 31.1 Å². The van der Waals surface area contributed by atoms with E-state index in [2.05, 4.69) is 21.2 Å². The molecule has 0 saturated heterocycles. The van der Waals surface area contributed by atoms with Crippen molar-refractivity contribution < 1.29 is 24.5 Å². The maximum Gasteiger partial charge on any atom is 0.412 e. The van der Waals surface area contributed by atoms with Gasteiger partial charge in [-0.15, -0.1) is 0 Å². The van der Waals surface area contributed by atoms with Gasteiger partial charge in [0.05, 0.1) is 11.6 Å². The quantitative estimate of drug-likeness (QED) is 0.524. The van der Waals surface area contributed by atoms with Crippen molar-refractivity contribution in [2.24, 2.45) is 5.41 Å². The van der Waals surface area contributed by atoms with Crippen LogP contribution >= 0.6 is 15.9 Å². The number of rotatable bonds is 6. The smallest absolute Gasteiger partial charge is 0.412 e. The molecule has 0 aliphatic carbocycles. The number of carbonyl (C=O) groups is 2. The zero-order chi connectivity index (χ0) is 21.6. The lowest BCUT2D eigenvalue weighted by molar-refractivity contribution is -0.131. The summed E-state index contributed by atoms with van der Waals surface area (Å²) < 4.78 is 6.25. The minimum atomic E-state index is -1.14. The second kappa shape index (κ2) is 9.26. The van der Waals surface area contributed by atoms with Gasteiger partial charge in [0.15, 0.2) is 0 Å². The van der Waals surface area contributed by atoms with Crippen LogP contribution < -0.4 is 5.32 Å². The van der Waals surface area contributed by atoms with Crippen LogP contribution in [0, 0.1) is 16.7 Å². The van der Waals surface area contributed by atoms with Gasteiger partial charge >= 0.3 is 12.1 Å². The van der Waals surface area contributed by atoms with E-state index in [9.17, 15) is 14.7 Å². The summed E-state index contributed by atoms with van der Waals surface area (Å²) in [4.78, 5) is 23.5. The van der Waals surface area contributed by atoms with Gasteiger partial charge < -0.3 is 14.9 Å². The predicted molar refractivity (Wildman–Crippen MR) is 110 cm³/mol. The molecule has 1 atom stereocenters. The van der Waals surface area contributed by atoms with E-state index in [1.54, 1.807) is 50.2 Å². The Kier molecular flexibility index (Phi) is 7.02. The number of amides is 1. The molecule has 2 rings (SSSR count). The first-order chi connectivity index (χ1) is 13.6. The summed E-state index contributed by atoms with van der Waals surface area (Å²) in [5, 5.41) is 30.7. The Bertz CT molecular complexity index is 978. The lowest BCUT2D eigenvalue weighted by atomic mass is 9.81. The molecule has 0 spiro atoms. The summed E-state index contributed by atoms with van der Waals surface area (Å²) in [5.41, 5.74) is 0.221. The third-order valence-electron chi connectivity index (χ3n) is 4.09. The number of nitrogens with one attached hydrogen (secondary N) is 1. The number of carbonyl (C=O) groups excluding carboxylic acids is 1. The first kappa shape index (κ1) is 22.0. The van der Waals surface area contributed by atoms with E-state index in [4.69, 9.17) is 15.1 Å². The Morgan fingerprint density at radius 1 is 1.24 bits per heavy atom. The number of aliphatic carboxylic acids is 1. The summed E-state index contributed by atoms with van der Waals surface area (Å²) in [6.07, 6.45) is 0.573. The summed E-state index contributed by atoms with van der Waals surface area (Å²) in [6.45, 7) is 3.37. The number of anilines is 1. The number of phenolic OH excluding ortho intramolecular Hbond substituents is 1. The molecule has 0 saturated carbocycles. The maximum atomic E-state index is 12.5. The molecule has 29 heavy (non-hydrogen) atoms. The highest BCUT2D eigenvalue weighted by atomic mass is 79.9. The molecule has 0 aliphatic heterocycles. The first-order valence-electron chi connectivity index (χ1n) is 8.51. The molecule has 1 amide bonds. The van der Waals surface area contributed by atoms with Crippen molar-refractivity contribution >= 4 is 33.7 Å². The number of halogens is 1. The molecule has 2 aromatic carbocycles. The predicted octanol–water partition coefficient (Wildman–Crippen LogP) is 4.98. The van der Waals surface area contributed by atoms with Crippen LogP contribution in [0.25, 0.3) is 0 Å². The molecule has 0 aromatic heterocycles. The molecule has 8 heteroatoms. The highest BCUT2D eigenvalue weighted by Crippen LogP contribution is 2.42. The Balaban J connectivity index is 2.33. The normalized spacial score (nSPS) is 12.2. The lowest BCUT2D eigenvalue weighted by Crippen LogP contribution is -2.28. The number of hydrogen-bond acceptors (Lipinski definition) is 5. The van der Waals surface area contributed by atoms with E-state index in [-0.39, 0.29) is 5.75 Å². The minimum Gasteiger partial charge on any atom is -0.508 e. The van der Waals surface area contributed by atoms with Gasteiger partial charge in [-0.2, -0.15) is 5.26 Å². The molecular weight excluding hydrogens is 440 g/mol. The standard InChI is InChI=1S/C21H19BrN2O5/c1-21(2,10-9-18(26)27)19(16-11-14(22)5-8-17(16)25)29-20(28)24-15-6-3-13(12-23)4-7-15/h3-11,19,25H,1-2H3,(H,24,28)(H,26,27)/b10-9+/t19-/m0/s1. The summed E-state index contributed by atoms with van der Waals surface area (Å²) in [6, 6.07) is 12.9. The molecule has 2 aromatic rings.